The molecule has 1 aromatic carbocycles. The van der Waals surface area contributed by atoms with Gasteiger partial charge in [0.25, 0.3) is 0 Å². The van der Waals surface area contributed by atoms with Crippen molar-refractivity contribution in [3.8, 4) is 0 Å². The second kappa shape index (κ2) is 7.27. The van der Waals surface area contributed by atoms with E-state index in [2.05, 4.69) is 22.7 Å². The smallest absolute Gasteiger partial charge is 0.315 e. The van der Waals surface area contributed by atoms with Crippen molar-refractivity contribution in [2.24, 2.45) is 5.92 Å². The monoisotopic (exact) mass is 342 g/mol. The van der Waals surface area contributed by atoms with Crippen LogP contribution < -0.4 is 10.6 Å². The van der Waals surface area contributed by atoms with Crippen molar-refractivity contribution in [2.75, 3.05) is 6.54 Å². The Kier molecular flexibility index (Phi) is 5.08. The molecule has 0 aliphatic heterocycles. The molecule has 0 saturated carbocycles. The summed E-state index contributed by atoms with van der Waals surface area (Å²) in [5.74, 6) is 0.254. The highest BCUT2D eigenvalue weighted by Gasteiger charge is 2.31. The zero-order valence-corrected chi connectivity index (χ0v) is 15.0. The first-order valence-electron chi connectivity index (χ1n) is 8.75. The average molecular weight is 342 g/mol. The van der Waals surface area contributed by atoms with E-state index in [-0.39, 0.29) is 18.0 Å². The minimum Gasteiger partial charge on any atom is -0.390 e. The summed E-state index contributed by atoms with van der Waals surface area (Å²) in [6, 6.07) is 9.29. The van der Waals surface area contributed by atoms with Gasteiger partial charge >= 0.3 is 6.03 Å². The molecule has 3 N–H and O–H groups in total. The predicted molar refractivity (Wildman–Crippen MR) is 96.3 cm³/mol. The van der Waals surface area contributed by atoms with Crippen molar-refractivity contribution in [3.05, 3.63) is 52.8 Å². The molecule has 25 heavy (non-hydrogen) atoms. The molecule has 0 unspecified atom stereocenters. The molecule has 3 rings (SSSR count). The van der Waals surface area contributed by atoms with Gasteiger partial charge in [-0.05, 0) is 37.0 Å². The largest absolute Gasteiger partial charge is 0.390 e. The standard InChI is InChI=1S/C19H26N4O2/c1-12(11-23-14(3)8-13(2)22-23)10-20-19(25)21-18-16-7-5-4-6-15(16)9-17(18)24/h4-8,12,17-18,24H,9-11H2,1-3H3,(H2,20,21,25)/t12-,17+,18-/m1/s1. The number of hydrogen-bond donors (Lipinski definition) is 3. The summed E-state index contributed by atoms with van der Waals surface area (Å²) in [5, 5.41) is 20.5. The van der Waals surface area contributed by atoms with E-state index >= 15 is 0 Å². The van der Waals surface area contributed by atoms with Gasteiger partial charge in [-0.2, -0.15) is 5.10 Å². The van der Waals surface area contributed by atoms with Crippen LogP contribution in [0, 0.1) is 19.8 Å². The van der Waals surface area contributed by atoms with Crippen LogP contribution in [0.2, 0.25) is 0 Å². The fourth-order valence-electron chi connectivity index (χ4n) is 3.43. The number of aryl methyl sites for hydroxylation is 2. The van der Waals surface area contributed by atoms with E-state index < -0.39 is 6.10 Å². The normalized spacial score (nSPS) is 20.2. The predicted octanol–water partition coefficient (Wildman–Crippen LogP) is 2.09. The van der Waals surface area contributed by atoms with Crippen LogP contribution in [0.15, 0.2) is 30.3 Å². The Balaban J connectivity index is 1.50. The number of benzene rings is 1. The lowest BCUT2D eigenvalue weighted by atomic mass is 10.1. The van der Waals surface area contributed by atoms with Gasteiger partial charge in [0.1, 0.15) is 0 Å². The Morgan fingerprint density at radius 2 is 2.16 bits per heavy atom. The fraction of sp³-hybridized carbons (Fsp3) is 0.474. The number of amides is 2. The fourth-order valence-corrected chi connectivity index (χ4v) is 3.43. The second-order valence-corrected chi connectivity index (χ2v) is 7.02. The van der Waals surface area contributed by atoms with Crippen molar-refractivity contribution in [1.82, 2.24) is 20.4 Å². The van der Waals surface area contributed by atoms with Crippen LogP contribution in [0.4, 0.5) is 4.79 Å². The number of aliphatic hydroxyl groups is 1. The number of nitrogens with one attached hydrogen (secondary N) is 2. The number of aromatic nitrogens is 2. The minimum atomic E-state index is -0.574. The lowest BCUT2D eigenvalue weighted by molar-refractivity contribution is 0.142. The average Bonchev–Trinajstić information content (AvgIpc) is 3.04. The minimum absolute atomic E-state index is 0.249. The first-order chi connectivity index (χ1) is 11.9. The third-order valence-corrected chi connectivity index (χ3v) is 4.69. The molecule has 3 atom stereocenters. The van der Waals surface area contributed by atoms with Gasteiger partial charge < -0.3 is 15.7 Å². The van der Waals surface area contributed by atoms with Gasteiger partial charge in [-0.15, -0.1) is 0 Å². The van der Waals surface area contributed by atoms with E-state index in [9.17, 15) is 9.90 Å². The van der Waals surface area contributed by atoms with Gasteiger partial charge in [0.05, 0.1) is 17.8 Å². The molecule has 1 aliphatic rings. The van der Waals surface area contributed by atoms with Gasteiger partial charge in [-0.25, -0.2) is 4.79 Å². The number of nitrogens with zero attached hydrogens (tertiary/aromatic N) is 2. The number of fused-ring (bicyclic) bond motifs is 1. The molecule has 6 nitrogen and oxygen atoms in total. The highest BCUT2D eigenvalue weighted by molar-refractivity contribution is 5.74. The summed E-state index contributed by atoms with van der Waals surface area (Å²) in [6.45, 7) is 7.40. The Morgan fingerprint density at radius 3 is 2.88 bits per heavy atom. The summed E-state index contributed by atoms with van der Waals surface area (Å²) >= 11 is 0. The molecule has 1 heterocycles. The molecule has 1 aromatic heterocycles. The van der Waals surface area contributed by atoms with Gasteiger partial charge in [0, 0.05) is 25.2 Å². The maximum atomic E-state index is 12.2. The van der Waals surface area contributed by atoms with Crippen LogP contribution in [0.5, 0.6) is 0 Å². The molecule has 0 radical (unpaired) electrons. The molecule has 134 valence electrons. The molecule has 0 saturated heterocycles. The summed E-state index contributed by atoms with van der Waals surface area (Å²) in [6.07, 6.45) is 0.00500. The zero-order valence-electron chi connectivity index (χ0n) is 15.0. The summed E-state index contributed by atoms with van der Waals surface area (Å²) < 4.78 is 1.97. The van der Waals surface area contributed by atoms with Crippen molar-refractivity contribution in [1.29, 1.82) is 0 Å². The van der Waals surface area contributed by atoms with Crippen molar-refractivity contribution in [3.63, 3.8) is 0 Å². The van der Waals surface area contributed by atoms with E-state index in [0.717, 1.165) is 29.1 Å². The quantitative estimate of drug-likeness (QED) is 0.778. The summed E-state index contributed by atoms with van der Waals surface area (Å²) in [7, 11) is 0. The van der Waals surface area contributed by atoms with E-state index in [0.29, 0.717) is 13.0 Å². The molecule has 1 aliphatic carbocycles. The number of carbonyl (C=O) groups excluding carboxylic acids is 1. The Hall–Kier alpha value is -2.34. The summed E-state index contributed by atoms with van der Waals surface area (Å²) in [5.41, 5.74) is 4.22. The van der Waals surface area contributed by atoms with Crippen molar-refractivity contribution >= 4 is 6.03 Å². The maximum Gasteiger partial charge on any atom is 0.315 e. The second-order valence-electron chi connectivity index (χ2n) is 7.02. The summed E-state index contributed by atoms with van der Waals surface area (Å²) in [4.78, 5) is 12.2. The highest BCUT2D eigenvalue weighted by atomic mass is 16.3. The van der Waals surface area contributed by atoms with Gasteiger partial charge in [-0.1, -0.05) is 31.2 Å². The third-order valence-electron chi connectivity index (χ3n) is 4.69. The molecule has 6 heteroatoms. The molecule has 0 spiro atoms. The van der Waals surface area contributed by atoms with Crippen LogP contribution in [0.1, 0.15) is 35.5 Å². The lowest BCUT2D eigenvalue weighted by Gasteiger charge is -2.20. The molecule has 0 bridgehead atoms. The first kappa shape index (κ1) is 17.5. The SMILES string of the molecule is Cc1cc(C)n(C[C@H](C)CNC(=O)N[C@@H]2c3ccccc3C[C@@H]2O)n1. The number of urea groups is 1. The first-order valence-corrected chi connectivity index (χ1v) is 8.75. The van der Waals surface area contributed by atoms with Crippen LogP contribution in [-0.4, -0.2) is 33.6 Å². The van der Waals surface area contributed by atoms with E-state index in [1.54, 1.807) is 0 Å². The maximum absolute atomic E-state index is 12.2. The van der Waals surface area contributed by atoms with Crippen LogP contribution >= 0.6 is 0 Å². The molecule has 2 amide bonds. The van der Waals surface area contributed by atoms with Crippen molar-refractivity contribution < 1.29 is 9.90 Å². The number of carbonyl (C=O) groups is 1. The number of aliphatic hydroxyl groups excluding tert-OH is 1. The van der Waals surface area contributed by atoms with Gasteiger partial charge in [-0.3, -0.25) is 4.68 Å². The van der Waals surface area contributed by atoms with Crippen molar-refractivity contribution in [2.45, 2.75) is 45.9 Å². The van der Waals surface area contributed by atoms with E-state index in [1.165, 1.54) is 0 Å². The molecule has 0 fully saturated rings. The molecular weight excluding hydrogens is 316 g/mol. The van der Waals surface area contributed by atoms with Gasteiger partial charge in [0.15, 0.2) is 0 Å². The van der Waals surface area contributed by atoms with Crippen LogP contribution in [-0.2, 0) is 13.0 Å². The number of hydrogen-bond acceptors (Lipinski definition) is 3. The Bertz CT molecular complexity index is 756. The van der Waals surface area contributed by atoms with Crippen LogP contribution in [0.3, 0.4) is 0 Å². The number of rotatable bonds is 5. The molecule has 2 aromatic rings. The highest BCUT2D eigenvalue weighted by Crippen LogP contribution is 2.30. The Labute approximate surface area is 148 Å². The topological polar surface area (TPSA) is 79.2 Å². The van der Waals surface area contributed by atoms with Gasteiger partial charge in [0.2, 0.25) is 0 Å². The van der Waals surface area contributed by atoms with E-state index in [1.807, 2.05) is 48.9 Å². The Morgan fingerprint density at radius 1 is 1.40 bits per heavy atom. The molecular formula is C19H26N4O2. The zero-order chi connectivity index (χ0) is 18.0. The lowest BCUT2D eigenvalue weighted by Crippen LogP contribution is -2.42. The van der Waals surface area contributed by atoms with E-state index in [4.69, 9.17) is 0 Å². The third kappa shape index (κ3) is 4.02. The van der Waals surface area contributed by atoms with Crippen LogP contribution in [0.25, 0.3) is 0 Å².